The van der Waals surface area contributed by atoms with E-state index in [1.54, 1.807) is 0 Å². The summed E-state index contributed by atoms with van der Waals surface area (Å²) < 4.78 is 2.10. The average Bonchev–Trinajstić information content (AvgIpc) is 3.43. The van der Waals surface area contributed by atoms with E-state index >= 15 is 0 Å². The number of pyridine rings is 2. The monoisotopic (exact) mass is 349 g/mol. The van der Waals surface area contributed by atoms with Crippen LogP contribution in [0.15, 0.2) is 36.7 Å². The van der Waals surface area contributed by atoms with Gasteiger partial charge in [-0.15, -0.1) is 0 Å². The molecule has 1 saturated heterocycles. The van der Waals surface area contributed by atoms with Gasteiger partial charge in [0.05, 0.1) is 30.2 Å². The quantitative estimate of drug-likeness (QED) is 0.660. The fourth-order valence-electron chi connectivity index (χ4n) is 3.66. The Bertz CT molecular complexity index is 962. The summed E-state index contributed by atoms with van der Waals surface area (Å²) in [5.41, 5.74) is 4.97. The lowest BCUT2D eigenvalue weighted by molar-refractivity contribution is 0.280. The maximum Gasteiger partial charge on any atom is 0.137 e. The van der Waals surface area contributed by atoms with E-state index in [1.807, 2.05) is 30.5 Å². The average molecular weight is 349 g/mol. The van der Waals surface area contributed by atoms with E-state index in [0.29, 0.717) is 18.0 Å². The summed E-state index contributed by atoms with van der Waals surface area (Å²) in [4.78, 5) is 9.34. The summed E-state index contributed by atoms with van der Waals surface area (Å²) >= 11 is 0. The van der Waals surface area contributed by atoms with Crippen LogP contribution in [0.4, 0.5) is 5.82 Å². The molecule has 3 N–H and O–H groups in total. The Hall–Kier alpha value is -2.44. The first-order valence-corrected chi connectivity index (χ1v) is 9.31. The highest BCUT2D eigenvalue weighted by Gasteiger charge is 2.27. The first-order valence-electron chi connectivity index (χ1n) is 9.31. The third-order valence-electron chi connectivity index (χ3n) is 5.56. The van der Waals surface area contributed by atoms with Crippen molar-refractivity contribution in [2.75, 3.05) is 11.9 Å². The second-order valence-electron chi connectivity index (χ2n) is 7.41. The molecule has 1 saturated carbocycles. The predicted octanol–water partition coefficient (Wildman–Crippen LogP) is 2.54. The van der Waals surface area contributed by atoms with Gasteiger partial charge in [-0.2, -0.15) is 0 Å². The van der Waals surface area contributed by atoms with Gasteiger partial charge in [-0.1, -0.05) is 6.07 Å². The molecule has 2 fully saturated rings. The molecule has 6 nitrogen and oxygen atoms in total. The molecule has 3 aromatic heterocycles. The highest BCUT2D eigenvalue weighted by atomic mass is 16.3. The molecule has 4 heterocycles. The zero-order chi connectivity index (χ0) is 17.7. The lowest BCUT2D eigenvalue weighted by Gasteiger charge is -2.36. The molecular weight excluding hydrogens is 326 g/mol. The highest BCUT2D eigenvalue weighted by molar-refractivity contribution is 5.63. The van der Waals surface area contributed by atoms with Gasteiger partial charge in [-0.05, 0) is 55.0 Å². The summed E-state index contributed by atoms with van der Waals surface area (Å²) in [7, 11) is 0. The van der Waals surface area contributed by atoms with E-state index in [9.17, 15) is 5.11 Å². The number of aromatic nitrogens is 3. The van der Waals surface area contributed by atoms with Gasteiger partial charge in [0.15, 0.2) is 0 Å². The molecule has 0 unspecified atom stereocenters. The highest BCUT2D eigenvalue weighted by Crippen LogP contribution is 2.42. The predicted molar refractivity (Wildman–Crippen MR) is 101 cm³/mol. The van der Waals surface area contributed by atoms with Crippen molar-refractivity contribution in [2.24, 2.45) is 0 Å². The van der Waals surface area contributed by atoms with Gasteiger partial charge in [0.1, 0.15) is 11.5 Å². The topological polar surface area (TPSA) is 74.5 Å². The normalized spacial score (nSPS) is 22.4. The number of anilines is 1. The molecule has 134 valence electrons. The van der Waals surface area contributed by atoms with E-state index in [2.05, 4.69) is 33.1 Å². The van der Waals surface area contributed by atoms with Crippen LogP contribution in [0.25, 0.3) is 17.0 Å². The third-order valence-corrected chi connectivity index (χ3v) is 5.56. The summed E-state index contributed by atoms with van der Waals surface area (Å²) in [6.45, 7) is 3.21. The zero-order valence-corrected chi connectivity index (χ0v) is 14.8. The number of hydrogen-bond acceptors (Lipinski definition) is 5. The molecule has 0 amide bonds. The Balaban J connectivity index is 1.53. The third kappa shape index (κ3) is 2.66. The number of rotatable bonds is 5. The van der Waals surface area contributed by atoms with Gasteiger partial charge in [-0.3, -0.25) is 4.40 Å². The summed E-state index contributed by atoms with van der Waals surface area (Å²) in [6.07, 6.45) is 6.41. The van der Waals surface area contributed by atoms with E-state index < -0.39 is 0 Å². The SMILES string of the molecule is C[C@H]1NC[C@H]1Nc1cccc(-c2cnc3cc(CO)c(C4CC4)cn23)n1. The first kappa shape index (κ1) is 15.8. The lowest BCUT2D eigenvalue weighted by Crippen LogP contribution is -2.59. The molecule has 2 atom stereocenters. The standard InChI is InChI=1S/C20H23N5O/c1-12-17(8-21-12)24-19-4-2-3-16(23-19)18-9-22-20-7-14(11-26)15(10-25(18)20)13-5-6-13/h2-4,7,9-10,12-13,17,21,26H,5-6,8,11H2,1H3,(H,23,24)/t12-,17-/m1/s1. The van der Waals surface area contributed by atoms with Crippen LogP contribution in [0.5, 0.6) is 0 Å². The van der Waals surface area contributed by atoms with Gasteiger partial charge < -0.3 is 15.7 Å². The van der Waals surface area contributed by atoms with E-state index in [0.717, 1.165) is 35.0 Å². The largest absolute Gasteiger partial charge is 0.392 e. The van der Waals surface area contributed by atoms with Crippen molar-refractivity contribution in [3.05, 3.63) is 47.8 Å². The number of aliphatic hydroxyl groups is 1. The van der Waals surface area contributed by atoms with E-state index in [1.165, 1.54) is 18.4 Å². The van der Waals surface area contributed by atoms with Gasteiger partial charge in [0.25, 0.3) is 0 Å². The smallest absolute Gasteiger partial charge is 0.137 e. The Morgan fingerprint density at radius 2 is 2.23 bits per heavy atom. The molecule has 5 rings (SSSR count). The van der Waals surface area contributed by atoms with Crippen molar-refractivity contribution in [2.45, 2.75) is 44.4 Å². The molecule has 26 heavy (non-hydrogen) atoms. The van der Waals surface area contributed by atoms with Crippen molar-refractivity contribution in [3.8, 4) is 11.4 Å². The van der Waals surface area contributed by atoms with Crippen LogP contribution >= 0.6 is 0 Å². The number of imidazole rings is 1. The molecule has 3 aromatic rings. The molecular formula is C20H23N5O. The molecule has 6 heteroatoms. The second-order valence-corrected chi connectivity index (χ2v) is 7.41. The fraction of sp³-hybridized carbons (Fsp3) is 0.400. The maximum atomic E-state index is 9.69. The molecule has 0 spiro atoms. The van der Waals surface area contributed by atoms with Crippen LogP contribution in [0.1, 0.15) is 36.8 Å². The Morgan fingerprint density at radius 1 is 1.35 bits per heavy atom. The van der Waals surface area contributed by atoms with Crippen LogP contribution in [-0.4, -0.2) is 38.1 Å². The minimum atomic E-state index is 0.0653. The number of nitrogens with zero attached hydrogens (tertiary/aromatic N) is 3. The van der Waals surface area contributed by atoms with Gasteiger partial charge in [-0.25, -0.2) is 9.97 Å². The van der Waals surface area contributed by atoms with Crippen molar-refractivity contribution in [1.82, 2.24) is 19.7 Å². The van der Waals surface area contributed by atoms with Gasteiger partial charge in [0.2, 0.25) is 0 Å². The first-order chi connectivity index (χ1) is 12.7. The van der Waals surface area contributed by atoms with E-state index in [-0.39, 0.29) is 6.61 Å². The van der Waals surface area contributed by atoms with E-state index in [4.69, 9.17) is 4.98 Å². The van der Waals surface area contributed by atoms with Crippen molar-refractivity contribution in [1.29, 1.82) is 0 Å². The fourth-order valence-corrected chi connectivity index (χ4v) is 3.66. The Labute approximate surface area is 152 Å². The number of nitrogens with one attached hydrogen (secondary N) is 2. The lowest BCUT2D eigenvalue weighted by atomic mass is 10.0. The van der Waals surface area contributed by atoms with Crippen LogP contribution in [0, 0.1) is 0 Å². The van der Waals surface area contributed by atoms with Gasteiger partial charge >= 0.3 is 0 Å². The molecule has 0 aromatic carbocycles. The molecule has 1 aliphatic heterocycles. The minimum Gasteiger partial charge on any atom is -0.392 e. The summed E-state index contributed by atoms with van der Waals surface area (Å²) in [5, 5.41) is 16.5. The summed E-state index contributed by atoms with van der Waals surface area (Å²) in [5.74, 6) is 1.47. The number of aliphatic hydroxyl groups excluding tert-OH is 1. The van der Waals surface area contributed by atoms with Crippen molar-refractivity contribution >= 4 is 11.5 Å². The second kappa shape index (κ2) is 6.07. The minimum absolute atomic E-state index is 0.0653. The summed E-state index contributed by atoms with van der Waals surface area (Å²) in [6, 6.07) is 8.96. The van der Waals surface area contributed by atoms with Gasteiger partial charge in [0, 0.05) is 18.8 Å². The molecule has 2 aliphatic rings. The van der Waals surface area contributed by atoms with Crippen molar-refractivity contribution in [3.63, 3.8) is 0 Å². The number of hydrogen-bond donors (Lipinski definition) is 3. The maximum absolute atomic E-state index is 9.69. The van der Waals surface area contributed by atoms with Crippen LogP contribution < -0.4 is 10.6 Å². The van der Waals surface area contributed by atoms with Crippen LogP contribution in [0.2, 0.25) is 0 Å². The molecule has 0 radical (unpaired) electrons. The van der Waals surface area contributed by atoms with Crippen LogP contribution in [-0.2, 0) is 6.61 Å². The zero-order valence-electron chi connectivity index (χ0n) is 14.8. The Kier molecular flexibility index (Phi) is 3.69. The van der Waals surface area contributed by atoms with Crippen LogP contribution in [0.3, 0.4) is 0 Å². The molecule has 1 aliphatic carbocycles. The van der Waals surface area contributed by atoms with Crippen molar-refractivity contribution < 1.29 is 5.11 Å². The molecule has 0 bridgehead atoms. The number of fused-ring (bicyclic) bond motifs is 1. The Morgan fingerprint density at radius 3 is 2.92 bits per heavy atom.